The first-order valence-corrected chi connectivity index (χ1v) is 7.79. The van der Waals surface area contributed by atoms with E-state index in [4.69, 9.17) is 5.73 Å². The third kappa shape index (κ3) is 4.11. The fraction of sp³-hybridized carbons (Fsp3) is 0.733. The van der Waals surface area contributed by atoms with Crippen molar-refractivity contribution in [1.82, 2.24) is 0 Å². The van der Waals surface area contributed by atoms with Crippen molar-refractivity contribution < 1.29 is 0 Å². The zero-order valence-corrected chi connectivity index (χ0v) is 12.4. The van der Waals surface area contributed by atoms with Crippen molar-refractivity contribution in [3.8, 4) is 0 Å². The summed E-state index contributed by atoms with van der Waals surface area (Å²) in [5.74, 6) is 0. The minimum absolute atomic E-state index is 0.339. The predicted octanol–water partition coefficient (Wildman–Crippen LogP) is 4.40. The predicted molar refractivity (Wildman–Crippen MR) is 78.7 cm³/mol. The van der Waals surface area contributed by atoms with Gasteiger partial charge in [-0.25, -0.2) is 0 Å². The van der Waals surface area contributed by atoms with Crippen LogP contribution in [0, 0.1) is 5.41 Å². The maximum Gasteiger partial charge on any atom is 0.00541 e. The lowest BCUT2D eigenvalue weighted by Crippen LogP contribution is -2.32. The third-order valence-electron chi connectivity index (χ3n) is 3.86. The summed E-state index contributed by atoms with van der Waals surface area (Å²) in [4.78, 5) is 3.02. The molecule has 0 aliphatic carbocycles. The number of nitrogens with two attached hydrogens (primary N) is 1. The van der Waals surface area contributed by atoms with Crippen molar-refractivity contribution >= 4 is 11.3 Å². The summed E-state index contributed by atoms with van der Waals surface area (Å²) in [5.41, 5.74) is 6.39. The van der Waals surface area contributed by atoms with E-state index in [0.29, 0.717) is 5.41 Å². The number of aryl methyl sites for hydroxylation is 1. The SMILES string of the molecule is CCCCC(CC)(CN)Cc1ccc(CC)s1. The molecule has 17 heavy (non-hydrogen) atoms. The molecule has 1 aromatic rings. The van der Waals surface area contributed by atoms with Crippen molar-refractivity contribution in [3.05, 3.63) is 21.9 Å². The van der Waals surface area contributed by atoms with Crippen LogP contribution in [0.2, 0.25) is 0 Å². The molecule has 2 heteroatoms. The molecular weight excluding hydrogens is 226 g/mol. The van der Waals surface area contributed by atoms with Gasteiger partial charge in [0.25, 0.3) is 0 Å². The molecule has 1 rings (SSSR count). The minimum atomic E-state index is 0.339. The van der Waals surface area contributed by atoms with E-state index in [1.807, 2.05) is 11.3 Å². The second kappa shape index (κ2) is 7.17. The fourth-order valence-electron chi connectivity index (χ4n) is 2.34. The first-order chi connectivity index (χ1) is 8.19. The van der Waals surface area contributed by atoms with E-state index in [1.54, 1.807) is 0 Å². The summed E-state index contributed by atoms with van der Waals surface area (Å²) < 4.78 is 0. The van der Waals surface area contributed by atoms with Crippen LogP contribution in [0.1, 0.15) is 56.2 Å². The highest BCUT2D eigenvalue weighted by atomic mass is 32.1. The average Bonchev–Trinajstić information content (AvgIpc) is 2.82. The Labute approximate surface area is 110 Å². The molecule has 0 aliphatic heterocycles. The lowest BCUT2D eigenvalue weighted by atomic mass is 9.77. The number of hydrogen-bond donors (Lipinski definition) is 1. The van der Waals surface area contributed by atoms with Crippen molar-refractivity contribution in [2.45, 2.75) is 59.3 Å². The molecule has 0 radical (unpaired) electrons. The zero-order chi connectivity index (χ0) is 12.7. The summed E-state index contributed by atoms with van der Waals surface area (Å²) in [6.07, 6.45) is 7.37. The standard InChI is InChI=1S/C15H27NS/c1-4-7-10-15(6-3,12-16)11-14-9-8-13(5-2)17-14/h8-9H,4-7,10-12,16H2,1-3H3. The highest BCUT2D eigenvalue weighted by Crippen LogP contribution is 2.34. The van der Waals surface area contributed by atoms with Crippen LogP contribution in [-0.2, 0) is 12.8 Å². The Morgan fingerprint density at radius 3 is 2.35 bits per heavy atom. The molecule has 1 heterocycles. The van der Waals surface area contributed by atoms with Crippen molar-refractivity contribution in [2.75, 3.05) is 6.54 Å². The van der Waals surface area contributed by atoms with Crippen LogP contribution in [-0.4, -0.2) is 6.54 Å². The Hall–Kier alpha value is -0.340. The number of thiophene rings is 1. The van der Waals surface area contributed by atoms with Gasteiger partial charge in [0.05, 0.1) is 0 Å². The van der Waals surface area contributed by atoms with E-state index in [9.17, 15) is 0 Å². The molecule has 0 amide bonds. The van der Waals surface area contributed by atoms with Gasteiger partial charge in [-0.05, 0) is 49.8 Å². The lowest BCUT2D eigenvalue weighted by Gasteiger charge is -2.31. The summed E-state index contributed by atoms with van der Waals surface area (Å²) >= 11 is 1.97. The molecule has 0 bridgehead atoms. The summed E-state index contributed by atoms with van der Waals surface area (Å²) in [7, 11) is 0. The van der Waals surface area contributed by atoms with Crippen LogP contribution >= 0.6 is 11.3 Å². The van der Waals surface area contributed by atoms with Gasteiger partial charge in [-0.15, -0.1) is 11.3 Å². The van der Waals surface area contributed by atoms with Crippen molar-refractivity contribution in [3.63, 3.8) is 0 Å². The molecule has 2 N–H and O–H groups in total. The van der Waals surface area contributed by atoms with E-state index in [2.05, 4.69) is 32.9 Å². The molecule has 1 aromatic heterocycles. The van der Waals surface area contributed by atoms with Gasteiger partial charge in [0.2, 0.25) is 0 Å². The van der Waals surface area contributed by atoms with Gasteiger partial charge in [0, 0.05) is 9.75 Å². The Morgan fingerprint density at radius 1 is 1.18 bits per heavy atom. The molecule has 0 saturated heterocycles. The van der Waals surface area contributed by atoms with Crippen molar-refractivity contribution in [2.24, 2.45) is 11.1 Å². The van der Waals surface area contributed by atoms with Crippen molar-refractivity contribution in [1.29, 1.82) is 0 Å². The van der Waals surface area contributed by atoms with Gasteiger partial charge in [0.15, 0.2) is 0 Å². The van der Waals surface area contributed by atoms with Gasteiger partial charge < -0.3 is 5.73 Å². The molecular formula is C15H27NS. The van der Waals surface area contributed by atoms with Gasteiger partial charge in [-0.3, -0.25) is 0 Å². The smallest absolute Gasteiger partial charge is 0.00541 e. The normalized spacial score (nSPS) is 14.8. The second-order valence-corrected chi connectivity index (χ2v) is 6.31. The summed E-state index contributed by atoms with van der Waals surface area (Å²) in [6, 6.07) is 4.58. The summed E-state index contributed by atoms with van der Waals surface area (Å²) in [5, 5.41) is 0. The van der Waals surface area contributed by atoms with E-state index in [-0.39, 0.29) is 0 Å². The molecule has 0 fully saturated rings. The quantitative estimate of drug-likeness (QED) is 0.730. The molecule has 1 atom stereocenters. The molecule has 98 valence electrons. The highest BCUT2D eigenvalue weighted by Gasteiger charge is 2.26. The minimum Gasteiger partial charge on any atom is -0.330 e. The van der Waals surface area contributed by atoms with Crippen LogP contribution < -0.4 is 5.73 Å². The highest BCUT2D eigenvalue weighted by molar-refractivity contribution is 7.11. The maximum absolute atomic E-state index is 6.05. The van der Waals surface area contributed by atoms with Gasteiger partial charge in [0.1, 0.15) is 0 Å². The average molecular weight is 253 g/mol. The second-order valence-electron chi connectivity index (χ2n) is 5.06. The Kier molecular flexibility index (Phi) is 6.21. The number of hydrogen-bond acceptors (Lipinski definition) is 2. The van der Waals surface area contributed by atoms with Gasteiger partial charge in [-0.1, -0.05) is 33.6 Å². The van der Waals surface area contributed by atoms with Crippen LogP contribution in [0.3, 0.4) is 0 Å². The molecule has 0 spiro atoms. The van der Waals surface area contributed by atoms with Crippen LogP contribution in [0.4, 0.5) is 0 Å². The Balaban J connectivity index is 2.70. The topological polar surface area (TPSA) is 26.0 Å². The summed E-state index contributed by atoms with van der Waals surface area (Å²) in [6.45, 7) is 7.60. The van der Waals surface area contributed by atoms with E-state index >= 15 is 0 Å². The van der Waals surface area contributed by atoms with E-state index < -0.39 is 0 Å². The number of unbranched alkanes of at least 4 members (excludes halogenated alkanes) is 1. The molecule has 1 unspecified atom stereocenters. The number of rotatable bonds is 8. The van der Waals surface area contributed by atoms with Crippen LogP contribution in [0.25, 0.3) is 0 Å². The molecule has 1 nitrogen and oxygen atoms in total. The Bertz CT molecular complexity index is 312. The molecule has 0 aliphatic rings. The first-order valence-electron chi connectivity index (χ1n) is 6.97. The lowest BCUT2D eigenvalue weighted by molar-refractivity contribution is 0.253. The first kappa shape index (κ1) is 14.7. The Morgan fingerprint density at radius 2 is 1.88 bits per heavy atom. The third-order valence-corrected chi connectivity index (χ3v) is 5.09. The van der Waals surface area contributed by atoms with Gasteiger partial charge >= 0.3 is 0 Å². The zero-order valence-electron chi connectivity index (χ0n) is 11.6. The van der Waals surface area contributed by atoms with Crippen LogP contribution in [0.15, 0.2) is 12.1 Å². The monoisotopic (exact) mass is 253 g/mol. The largest absolute Gasteiger partial charge is 0.330 e. The van der Waals surface area contributed by atoms with E-state index in [0.717, 1.165) is 13.0 Å². The maximum atomic E-state index is 6.05. The van der Waals surface area contributed by atoms with Gasteiger partial charge in [-0.2, -0.15) is 0 Å². The fourth-order valence-corrected chi connectivity index (χ4v) is 3.47. The molecule has 0 saturated carbocycles. The molecule has 0 aromatic carbocycles. The van der Waals surface area contributed by atoms with E-state index in [1.165, 1.54) is 41.9 Å². The van der Waals surface area contributed by atoms with Crippen LogP contribution in [0.5, 0.6) is 0 Å².